The molecule has 0 fully saturated rings. The first-order valence-corrected chi connectivity index (χ1v) is 10.0. The van der Waals surface area contributed by atoms with Crippen LogP contribution in [-0.2, 0) is 9.85 Å². The van der Waals surface area contributed by atoms with Crippen LogP contribution in [0.2, 0.25) is 0 Å². The van der Waals surface area contributed by atoms with Crippen LogP contribution >= 0.6 is 7.60 Å². The van der Waals surface area contributed by atoms with Gasteiger partial charge in [-0.2, -0.15) is 0 Å². The maximum absolute atomic E-state index is 12.9. The van der Waals surface area contributed by atoms with Crippen LogP contribution in [-0.4, -0.2) is 15.7 Å². The summed E-state index contributed by atoms with van der Waals surface area (Å²) in [6.45, 7) is 1.90. The van der Waals surface area contributed by atoms with Gasteiger partial charge in [0, 0.05) is 5.56 Å². The average Bonchev–Trinajstić information content (AvgIpc) is 2.67. The summed E-state index contributed by atoms with van der Waals surface area (Å²) >= 11 is 0. The van der Waals surface area contributed by atoms with E-state index in [-0.39, 0.29) is 0 Å². The van der Waals surface area contributed by atoms with E-state index in [0.29, 0.717) is 16.7 Å². The molecule has 1 amide bonds. The van der Waals surface area contributed by atoms with E-state index >= 15 is 0 Å². The molecule has 0 radical (unpaired) electrons. The fourth-order valence-corrected chi connectivity index (χ4v) is 4.24. The summed E-state index contributed by atoms with van der Waals surface area (Å²) in [5, 5.41) is 0.648. The molecule has 6 heteroatoms. The number of nitrogens with one attached hydrogen (secondary N) is 1. The smallest absolute Gasteiger partial charge is 0.328 e. The van der Waals surface area contributed by atoms with E-state index in [0.717, 1.165) is 5.56 Å². The third-order valence-electron chi connectivity index (χ3n) is 4.43. The zero-order valence-corrected chi connectivity index (χ0v) is 15.6. The van der Waals surface area contributed by atoms with Crippen LogP contribution in [0.1, 0.15) is 27.0 Å². The highest BCUT2D eigenvalue weighted by Crippen LogP contribution is 2.58. The second-order valence-electron chi connectivity index (χ2n) is 6.31. The normalized spacial score (nSPS) is 11.8. The summed E-state index contributed by atoms with van der Waals surface area (Å²) in [5.74, 6) is -0.564. The van der Waals surface area contributed by atoms with Gasteiger partial charge in [0.05, 0.1) is 0 Å². The highest BCUT2D eigenvalue weighted by Gasteiger charge is 2.51. The molecule has 0 aliphatic heterocycles. The summed E-state index contributed by atoms with van der Waals surface area (Å²) in [6.07, 6.45) is 0. The molecule has 3 rings (SSSR count). The molecule has 0 saturated carbocycles. The molecule has 138 valence electrons. The number of hydrogen-bond acceptors (Lipinski definition) is 2. The number of carbonyl (C=O) groups excluding carboxylic acids is 1. The zero-order valence-electron chi connectivity index (χ0n) is 14.7. The van der Waals surface area contributed by atoms with E-state index < -0.39 is 18.8 Å². The molecule has 0 bridgehead atoms. The van der Waals surface area contributed by atoms with E-state index in [1.807, 2.05) is 6.92 Å². The summed E-state index contributed by atoms with van der Waals surface area (Å²) in [4.78, 5) is 33.7. The molecular formula is C21H20NO4P. The zero-order chi connectivity index (χ0) is 19.5. The minimum Gasteiger partial charge on any atom is -0.328 e. The third-order valence-corrected chi connectivity index (χ3v) is 5.93. The number of benzene rings is 3. The largest absolute Gasteiger partial charge is 0.359 e. The molecule has 27 heavy (non-hydrogen) atoms. The first-order chi connectivity index (χ1) is 12.8. The molecule has 0 aliphatic rings. The van der Waals surface area contributed by atoms with E-state index in [2.05, 4.69) is 5.32 Å². The summed E-state index contributed by atoms with van der Waals surface area (Å²) < 4.78 is 12.8. The fourth-order valence-electron chi connectivity index (χ4n) is 3.02. The van der Waals surface area contributed by atoms with Gasteiger partial charge < -0.3 is 15.1 Å². The van der Waals surface area contributed by atoms with Crippen LogP contribution < -0.4 is 5.32 Å². The lowest BCUT2D eigenvalue weighted by Crippen LogP contribution is -2.46. The molecule has 0 aliphatic carbocycles. The van der Waals surface area contributed by atoms with Crippen molar-refractivity contribution in [1.29, 1.82) is 0 Å². The maximum Gasteiger partial charge on any atom is 0.359 e. The highest BCUT2D eigenvalue weighted by molar-refractivity contribution is 7.53. The molecular weight excluding hydrogens is 361 g/mol. The second kappa shape index (κ2) is 7.49. The van der Waals surface area contributed by atoms with E-state index in [1.54, 1.807) is 84.9 Å². The number of aryl methyl sites for hydroxylation is 1. The molecule has 0 unspecified atom stereocenters. The Morgan fingerprint density at radius 1 is 0.815 bits per heavy atom. The molecule has 3 aromatic carbocycles. The Kier molecular flexibility index (Phi) is 5.29. The summed E-state index contributed by atoms with van der Waals surface area (Å²) in [5.41, 5.74) is 1.93. The SMILES string of the molecule is Cc1ccc(C(=O)NC(c2ccccc2)(c2ccccc2)P(=O)(O)O)cc1. The van der Waals surface area contributed by atoms with Crippen molar-refractivity contribution in [2.45, 2.75) is 12.2 Å². The molecule has 3 N–H and O–H groups in total. The second-order valence-corrected chi connectivity index (χ2v) is 8.07. The van der Waals surface area contributed by atoms with Crippen LogP contribution in [0.25, 0.3) is 0 Å². The van der Waals surface area contributed by atoms with Crippen molar-refractivity contribution < 1.29 is 19.1 Å². The van der Waals surface area contributed by atoms with Gasteiger partial charge in [-0.1, -0.05) is 78.4 Å². The molecule has 0 aromatic heterocycles. The predicted octanol–water partition coefficient (Wildman–Crippen LogP) is 3.80. The van der Waals surface area contributed by atoms with Crippen molar-refractivity contribution >= 4 is 13.5 Å². The van der Waals surface area contributed by atoms with Gasteiger partial charge in [-0.3, -0.25) is 9.36 Å². The minimum atomic E-state index is -4.87. The van der Waals surface area contributed by atoms with Crippen molar-refractivity contribution in [1.82, 2.24) is 5.32 Å². The lowest BCUT2D eigenvalue weighted by atomic mass is 9.97. The van der Waals surface area contributed by atoms with Gasteiger partial charge in [0.2, 0.25) is 0 Å². The Morgan fingerprint density at radius 2 is 1.26 bits per heavy atom. The summed E-state index contributed by atoms with van der Waals surface area (Å²) in [7, 11) is -4.87. The number of carbonyl (C=O) groups is 1. The molecule has 0 spiro atoms. The lowest BCUT2D eigenvalue weighted by molar-refractivity contribution is 0.0925. The van der Waals surface area contributed by atoms with Gasteiger partial charge in [0.15, 0.2) is 5.28 Å². The van der Waals surface area contributed by atoms with Crippen LogP contribution in [0.4, 0.5) is 0 Å². The highest BCUT2D eigenvalue weighted by atomic mass is 31.2. The van der Waals surface area contributed by atoms with Gasteiger partial charge in [-0.25, -0.2) is 0 Å². The van der Waals surface area contributed by atoms with Crippen molar-refractivity contribution in [3.8, 4) is 0 Å². The maximum atomic E-state index is 12.9. The molecule has 0 heterocycles. The Labute approximate surface area is 157 Å². The van der Waals surface area contributed by atoms with Crippen molar-refractivity contribution in [3.05, 3.63) is 107 Å². The molecule has 5 nitrogen and oxygen atoms in total. The van der Waals surface area contributed by atoms with E-state index in [1.165, 1.54) is 0 Å². The monoisotopic (exact) mass is 381 g/mol. The Bertz CT molecular complexity index is 927. The van der Waals surface area contributed by atoms with E-state index in [9.17, 15) is 19.1 Å². The number of hydrogen-bond donors (Lipinski definition) is 3. The first-order valence-electron chi connectivity index (χ1n) is 8.40. The fraction of sp³-hybridized carbons (Fsp3) is 0.0952. The van der Waals surface area contributed by atoms with Crippen LogP contribution in [0.5, 0.6) is 0 Å². The van der Waals surface area contributed by atoms with Crippen LogP contribution in [0.3, 0.4) is 0 Å². The minimum absolute atomic E-state index is 0.310. The lowest BCUT2D eigenvalue weighted by Gasteiger charge is -2.36. The van der Waals surface area contributed by atoms with E-state index in [4.69, 9.17) is 0 Å². The predicted molar refractivity (Wildman–Crippen MR) is 104 cm³/mol. The van der Waals surface area contributed by atoms with Gasteiger partial charge in [0.25, 0.3) is 5.91 Å². The van der Waals surface area contributed by atoms with Gasteiger partial charge in [-0.15, -0.1) is 0 Å². The Balaban J connectivity index is 2.19. The Hall–Kier alpha value is -2.72. The number of amides is 1. The first kappa shape index (κ1) is 19.1. The number of rotatable bonds is 5. The third kappa shape index (κ3) is 3.71. The molecule has 3 aromatic rings. The quantitative estimate of drug-likeness (QED) is 0.587. The van der Waals surface area contributed by atoms with Crippen molar-refractivity contribution in [2.75, 3.05) is 0 Å². The molecule has 0 atom stereocenters. The van der Waals surface area contributed by atoms with Gasteiger partial charge >= 0.3 is 7.60 Å². The van der Waals surface area contributed by atoms with Gasteiger partial charge in [0.1, 0.15) is 0 Å². The Morgan fingerprint density at radius 3 is 1.67 bits per heavy atom. The average molecular weight is 381 g/mol. The van der Waals surface area contributed by atoms with Crippen LogP contribution in [0.15, 0.2) is 84.9 Å². The van der Waals surface area contributed by atoms with Crippen molar-refractivity contribution in [3.63, 3.8) is 0 Å². The standard InChI is InChI=1S/C21H20NO4P/c1-16-12-14-17(15-13-16)20(23)22-21(27(24,25)26,18-8-4-2-5-9-18)19-10-6-3-7-11-19/h2-15H,1H3,(H,22,23)(H2,24,25,26). The summed E-state index contributed by atoms with van der Waals surface area (Å²) in [6, 6.07) is 23.4. The van der Waals surface area contributed by atoms with Gasteiger partial charge in [-0.05, 0) is 30.2 Å². The van der Waals surface area contributed by atoms with Crippen LogP contribution in [0, 0.1) is 6.92 Å². The molecule has 0 saturated heterocycles. The topological polar surface area (TPSA) is 86.6 Å². The van der Waals surface area contributed by atoms with Crippen molar-refractivity contribution in [2.24, 2.45) is 0 Å².